The zero-order chi connectivity index (χ0) is 24.0. The highest BCUT2D eigenvalue weighted by molar-refractivity contribution is 6.30. The van der Waals surface area contributed by atoms with Crippen molar-refractivity contribution in [1.29, 1.82) is 0 Å². The summed E-state index contributed by atoms with van der Waals surface area (Å²) in [5, 5.41) is 6.28. The highest BCUT2D eigenvalue weighted by atomic mass is 35.5. The van der Waals surface area contributed by atoms with E-state index in [-0.39, 0.29) is 23.2 Å². The lowest BCUT2D eigenvalue weighted by Crippen LogP contribution is -2.17. The summed E-state index contributed by atoms with van der Waals surface area (Å²) in [5.74, 6) is -0.452. The van der Waals surface area contributed by atoms with Crippen LogP contribution in [0.15, 0.2) is 48.5 Å². The Labute approximate surface area is 193 Å². The van der Waals surface area contributed by atoms with Gasteiger partial charge in [0.25, 0.3) is 0 Å². The maximum absolute atomic E-state index is 14.2. The third-order valence-electron chi connectivity index (χ3n) is 4.35. The molecule has 1 aromatic heterocycles. The summed E-state index contributed by atoms with van der Waals surface area (Å²) in [6, 6.07) is 11.0. The molecule has 0 aliphatic carbocycles. The average molecular weight is 484 g/mol. The molecule has 0 amide bonds. The van der Waals surface area contributed by atoms with Crippen molar-refractivity contribution < 1.29 is 22.3 Å². The molecular weight excluding hydrogens is 462 g/mol. The molecule has 0 bridgehead atoms. The van der Waals surface area contributed by atoms with Crippen LogP contribution in [0.4, 0.5) is 35.0 Å². The lowest BCUT2D eigenvalue weighted by atomic mass is 10.1. The summed E-state index contributed by atoms with van der Waals surface area (Å²) >= 11 is 5.96. The Morgan fingerprint density at radius 3 is 2.58 bits per heavy atom. The van der Waals surface area contributed by atoms with Gasteiger partial charge in [-0.2, -0.15) is 4.98 Å². The van der Waals surface area contributed by atoms with E-state index < -0.39 is 12.2 Å². The molecule has 3 aromatic rings. The molecule has 0 radical (unpaired) electrons. The van der Waals surface area contributed by atoms with Crippen molar-refractivity contribution in [2.45, 2.75) is 12.8 Å². The fraction of sp³-hybridized carbons (Fsp3) is 0.273. The first-order valence-corrected chi connectivity index (χ1v) is 10.3. The van der Waals surface area contributed by atoms with Crippen LogP contribution in [-0.4, -0.2) is 48.4 Å². The highest BCUT2D eigenvalue weighted by Gasteiger charge is 2.31. The molecule has 0 aliphatic heterocycles. The van der Waals surface area contributed by atoms with Gasteiger partial charge in [-0.05, 0) is 57.4 Å². The normalized spacial score (nSPS) is 11.5. The Hall–Kier alpha value is -3.11. The Morgan fingerprint density at radius 2 is 1.85 bits per heavy atom. The Bertz CT molecular complexity index is 1090. The van der Waals surface area contributed by atoms with E-state index >= 15 is 0 Å². The van der Waals surface area contributed by atoms with Crippen molar-refractivity contribution in [2.75, 3.05) is 37.8 Å². The number of halogens is 5. The van der Waals surface area contributed by atoms with Gasteiger partial charge in [-0.3, -0.25) is 0 Å². The van der Waals surface area contributed by atoms with Crippen molar-refractivity contribution in [2.24, 2.45) is 0 Å². The molecule has 0 saturated heterocycles. The van der Waals surface area contributed by atoms with Gasteiger partial charge in [0.15, 0.2) is 0 Å². The maximum Gasteiger partial charge on any atom is 0.573 e. The number of aromatic nitrogens is 2. The zero-order valence-corrected chi connectivity index (χ0v) is 18.6. The van der Waals surface area contributed by atoms with Crippen LogP contribution in [0.5, 0.6) is 5.75 Å². The minimum atomic E-state index is -4.82. The second-order valence-corrected chi connectivity index (χ2v) is 7.81. The van der Waals surface area contributed by atoms with Crippen LogP contribution in [0.3, 0.4) is 0 Å². The van der Waals surface area contributed by atoms with Gasteiger partial charge >= 0.3 is 6.36 Å². The molecule has 176 valence electrons. The Morgan fingerprint density at radius 1 is 1.06 bits per heavy atom. The Balaban J connectivity index is 1.93. The van der Waals surface area contributed by atoms with E-state index in [0.717, 1.165) is 13.0 Å². The summed E-state index contributed by atoms with van der Waals surface area (Å²) < 4.78 is 56.1. The van der Waals surface area contributed by atoms with Gasteiger partial charge in [-0.25, -0.2) is 9.37 Å². The molecule has 2 aromatic carbocycles. The first kappa shape index (κ1) is 24.5. The van der Waals surface area contributed by atoms with E-state index in [0.29, 0.717) is 22.8 Å². The molecule has 0 unspecified atom stereocenters. The molecule has 11 heteroatoms. The van der Waals surface area contributed by atoms with Gasteiger partial charge in [0, 0.05) is 23.2 Å². The van der Waals surface area contributed by atoms with Crippen LogP contribution in [-0.2, 0) is 0 Å². The molecule has 0 aliphatic rings. The van der Waals surface area contributed by atoms with Crippen molar-refractivity contribution >= 4 is 29.1 Å². The molecule has 1 heterocycles. The zero-order valence-electron chi connectivity index (χ0n) is 17.9. The molecule has 2 N–H and O–H groups in total. The fourth-order valence-corrected chi connectivity index (χ4v) is 3.09. The number of ether oxygens (including phenoxy) is 1. The Kier molecular flexibility index (Phi) is 7.93. The van der Waals surface area contributed by atoms with Gasteiger partial charge in [0.1, 0.15) is 17.4 Å². The topological polar surface area (TPSA) is 62.3 Å². The molecule has 0 atom stereocenters. The van der Waals surface area contributed by atoms with Crippen molar-refractivity contribution in [3.05, 3.63) is 59.4 Å². The van der Waals surface area contributed by atoms with Crippen LogP contribution in [0.2, 0.25) is 5.02 Å². The van der Waals surface area contributed by atoms with Crippen LogP contribution in [0.25, 0.3) is 11.3 Å². The van der Waals surface area contributed by atoms with Crippen LogP contribution in [0.1, 0.15) is 6.42 Å². The number of hydrogen-bond donors (Lipinski definition) is 2. The summed E-state index contributed by atoms with van der Waals surface area (Å²) in [5.41, 5.74) is 0.780. The largest absolute Gasteiger partial charge is 0.573 e. The van der Waals surface area contributed by atoms with E-state index in [9.17, 15) is 17.6 Å². The summed E-state index contributed by atoms with van der Waals surface area (Å²) in [6.45, 7) is 1.40. The lowest BCUT2D eigenvalue weighted by molar-refractivity contribution is -0.274. The van der Waals surface area contributed by atoms with Crippen LogP contribution < -0.4 is 15.4 Å². The minimum absolute atomic E-state index is 0.0971. The molecule has 6 nitrogen and oxygen atoms in total. The molecule has 33 heavy (non-hydrogen) atoms. The minimum Gasteiger partial charge on any atom is -0.406 e. The quantitative estimate of drug-likeness (QED) is 0.290. The predicted octanol–water partition coefficient (Wildman–Crippen LogP) is 5.94. The molecular formula is C22H22ClF4N5O. The number of benzene rings is 2. The van der Waals surface area contributed by atoms with E-state index in [1.165, 1.54) is 42.5 Å². The standard InChI is InChI=1S/C22H22ClF4N5O/c1-32(2)10-4-9-28-21-30-18(14-5-3-6-16(11-14)33-22(25,26)27)13-20(31-21)29-19-12-15(23)7-8-17(19)24/h3,5-8,11-13H,4,9-10H2,1-2H3,(H2,28,29,30,31). The van der Waals surface area contributed by atoms with E-state index in [1.54, 1.807) is 6.07 Å². The van der Waals surface area contributed by atoms with E-state index in [2.05, 4.69) is 25.3 Å². The number of nitrogens with zero attached hydrogens (tertiary/aromatic N) is 3. The van der Waals surface area contributed by atoms with Crippen LogP contribution >= 0.6 is 11.6 Å². The summed E-state index contributed by atoms with van der Waals surface area (Å²) in [4.78, 5) is 10.8. The maximum atomic E-state index is 14.2. The van der Waals surface area contributed by atoms with Gasteiger partial charge in [-0.1, -0.05) is 23.7 Å². The summed E-state index contributed by atoms with van der Waals surface area (Å²) in [6.07, 6.45) is -4.01. The first-order valence-electron chi connectivity index (χ1n) is 9.95. The monoisotopic (exact) mass is 483 g/mol. The van der Waals surface area contributed by atoms with Crippen molar-refractivity contribution in [3.8, 4) is 17.0 Å². The molecule has 3 rings (SSSR count). The smallest absolute Gasteiger partial charge is 0.406 e. The van der Waals surface area contributed by atoms with Gasteiger partial charge in [0.05, 0.1) is 11.4 Å². The fourth-order valence-electron chi connectivity index (χ4n) is 2.92. The number of alkyl halides is 3. The SMILES string of the molecule is CN(C)CCCNc1nc(Nc2cc(Cl)ccc2F)cc(-c2cccc(OC(F)(F)F)c2)n1. The number of nitrogens with one attached hydrogen (secondary N) is 2. The lowest BCUT2D eigenvalue weighted by Gasteiger charge is -2.14. The van der Waals surface area contributed by atoms with E-state index in [1.807, 2.05) is 19.0 Å². The van der Waals surface area contributed by atoms with Gasteiger partial charge in [0.2, 0.25) is 5.95 Å². The second kappa shape index (κ2) is 10.7. The van der Waals surface area contributed by atoms with Crippen molar-refractivity contribution in [3.63, 3.8) is 0 Å². The van der Waals surface area contributed by atoms with Gasteiger partial charge in [-0.15, -0.1) is 13.2 Å². The highest BCUT2D eigenvalue weighted by Crippen LogP contribution is 2.30. The molecule has 0 saturated carbocycles. The van der Waals surface area contributed by atoms with Crippen LogP contribution in [0, 0.1) is 5.82 Å². The molecule has 0 fully saturated rings. The van der Waals surface area contributed by atoms with Gasteiger partial charge < -0.3 is 20.3 Å². The van der Waals surface area contributed by atoms with E-state index in [4.69, 9.17) is 11.6 Å². The summed E-state index contributed by atoms with van der Waals surface area (Å²) in [7, 11) is 3.91. The second-order valence-electron chi connectivity index (χ2n) is 7.37. The first-order chi connectivity index (χ1) is 15.6. The van der Waals surface area contributed by atoms with Crippen molar-refractivity contribution in [1.82, 2.24) is 14.9 Å². The third-order valence-corrected chi connectivity index (χ3v) is 4.58. The average Bonchev–Trinajstić information content (AvgIpc) is 2.72. The number of anilines is 3. The predicted molar refractivity (Wildman–Crippen MR) is 121 cm³/mol. The number of hydrogen-bond acceptors (Lipinski definition) is 6. The molecule has 0 spiro atoms. The number of rotatable bonds is 9. The third kappa shape index (κ3) is 7.76.